The van der Waals surface area contributed by atoms with Gasteiger partial charge in [0.15, 0.2) is 0 Å². The minimum atomic E-state index is -0.750. The molecule has 4 aromatic carbocycles. The Morgan fingerprint density at radius 3 is 2.07 bits per heavy atom. The van der Waals surface area contributed by atoms with Gasteiger partial charge in [0, 0.05) is 10.9 Å². The van der Waals surface area contributed by atoms with E-state index in [1.807, 2.05) is 66.7 Å². The molecule has 0 heterocycles. The number of ether oxygens (including phenoxy) is 1. The zero-order valence-electron chi connectivity index (χ0n) is 14.8. The SMILES string of the molecule is CCOC(=O)c1c(O)c(-c2ccccc2)c2cc3ccccc3cc2c1O. The molecule has 0 spiro atoms. The molecule has 2 N–H and O–H groups in total. The number of carbonyl (C=O) groups excluding carboxylic acids is 1. The topological polar surface area (TPSA) is 66.8 Å². The van der Waals surface area contributed by atoms with Crippen LogP contribution in [0.3, 0.4) is 0 Å². The van der Waals surface area contributed by atoms with E-state index in [4.69, 9.17) is 4.74 Å². The molecule has 0 bridgehead atoms. The van der Waals surface area contributed by atoms with Gasteiger partial charge >= 0.3 is 5.97 Å². The van der Waals surface area contributed by atoms with Gasteiger partial charge in [-0.25, -0.2) is 4.79 Å². The molecule has 134 valence electrons. The highest BCUT2D eigenvalue weighted by molar-refractivity contribution is 6.14. The molecule has 0 amide bonds. The molecule has 4 nitrogen and oxygen atoms in total. The second kappa shape index (κ2) is 6.65. The van der Waals surface area contributed by atoms with E-state index in [-0.39, 0.29) is 23.7 Å². The summed E-state index contributed by atoms with van der Waals surface area (Å²) in [6.07, 6.45) is 0. The van der Waals surface area contributed by atoms with Crippen molar-refractivity contribution in [1.29, 1.82) is 0 Å². The van der Waals surface area contributed by atoms with Gasteiger partial charge in [0.1, 0.15) is 17.1 Å². The van der Waals surface area contributed by atoms with E-state index in [2.05, 4.69) is 0 Å². The zero-order chi connectivity index (χ0) is 19.0. The van der Waals surface area contributed by atoms with Crippen LogP contribution < -0.4 is 0 Å². The summed E-state index contributed by atoms with van der Waals surface area (Å²) in [7, 11) is 0. The standard InChI is InChI=1S/C23H18O4/c1-2-27-23(26)20-21(24)18-13-16-11-7-6-10-15(16)12-17(18)19(22(20)25)14-8-4-3-5-9-14/h3-13,24-25H,2H2,1H3. The summed E-state index contributed by atoms with van der Waals surface area (Å²) in [6, 6.07) is 20.8. The van der Waals surface area contributed by atoms with Crippen LogP contribution in [0.25, 0.3) is 32.7 Å². The number of benzene rings is 4. The van der Waals surface area contributed by atoms with Crippen LogP contribution in [0.1, 0.15) is 17.3 Å². The Kier molecular flexibility index (Phi) is 4.16. The molecule has 0 unspecified atom stereocenters. The Hall–Kier alpha value is -3.53. The summed E-state index contributed by atoms with van der Waals surface area (Å²) < 4.78 is 5.06. The van der Waals surface area contributed by atoms with Gasteiger partial charge in [0.2, 0.25) is 0 Å². The Balaban J connectivity index is 2.17. The minimum Gasteiger partial charge on any atom is -0.506 e. The highest BCUT2D eigenvalue weighted by atomic mass is 16.5. The summed E-state index contributed by atoms with van der Waals surface area (Å²) >= 11 is 0. The quantitative estimate of drug-likeness (QED) is 0.388. The van der Waals surface area contributed by atoms with Crippen LogP contribution in [0.4, 0.5) is 0 Å². The van der Waals surface area contributed by atoms with E-state index < -0.39 is 5.97 Å². The van der Waals surface area contributed by atoms with E-state index in [9.17, 15) is 15.0 Å². The smallest absolute Gasteiger partial charge is 0.345 e. The number of esters is 1. The van der Waals surface area contributed by atoms with Crippen molar-refractivity contribution in [3.05, 3.63) is 72.3 Å². The van der Waals surface area contributed by atoms with Gasteiger partial charge in [0.05, 0.1) is 6.61 Å². The Morgan fingerprint density at radius 2 is 1.44 bits per heavy atom. The number of hydrogen-bond donors (Lipinski definition) is 2. The molecule has 0 saturated heterocycles. The Labute approximate surface area is 156 Å². The summed E-state index contributed by atoms with van der Waals surface area (Å²) in [4.78, 5) is 12.4. The maximum atomic E-state index is 12.4. The van der Waals surface area contributed by atoms with E-state index in [0.29, 0.717) is 16.3 Å². The molecular formula is C23H18O4. The lowest BCUT2D eigenvalue weighted by Gasteiger charge is -2.16. The number of phenols is 2. The summed E-state index contributed by atoms with van der Waals surface area (Å²) in [6.45, 7) is 1.83. The summed E-state index contributed by atoms with van der Waals surface area (Å²) in [5.41, 5.74) is 1.04. The molecule has 0 aliphatic heterocycles. The van der Waals surface area contributed by atoms with E-state index >= 15 is 0 Å². The van der Waals surface area contributed by atoms with Crippen molar-refractivity contribution in [2.75, 3.05) is 6.61 Å². The molecule has 0 aromatic heterocycles. The number of fused-ring (bicyclic) bond motifs is 2. The predicted molar refractivity (Wildman–Crippen MR) is 106 cm³/mol. The second-order valence-electron chi connectivity index (χ2n) is 6.28. The lowest BCUT2D eigenvalue weighted by atomic mass is 9.91. The second-order valence-corrected chi connectivity index (χ2v) is 6.28. The van der Waals surface area contributed by atoms with Gasteiger partial charge in [-0.15, -0.1) is 0 Å². The lowest BCUT2D eigenvalue weighted by molar-refractivity contribution is 0.0520. The molecule has 0 radical (unpaired) electrons. The normalized spacial score (nSPS) is 11.0. The molecule has 0 aliphatic rings. The summed E-state index contributed by atoms with van der Waals surface area (Å²) in [5, 5.41) is 24.8. The minimum absolute atomic E-state index is 0.147. The predicted octanol–water partition coefficient (Wildman–Crippen LogP) is 5.25. The van der Waals surface area contributed by atoms with Crippen molar-refractivity contribution in [3.63, 3.8) is 0 Å². The number of rotatable bonds is 3. The molecular weight excluding hydrogens is 340 g/mol. The summed E-state index contributed by atoms with van der Waals surface area (Å²) in [5.74, 6) is -1.30. The Bertz CT molecular complexity index is 1160. The van der Waals surface area contributed by atoms with Gasteiger partial charge in [-0.2, -0.15) is 0 Å². The van der Waals surface area contributed by atoms with E-state index in [0.717, 1.165) is 16.3 Å². The fourth-order valence-electron chi connectivity index (χ4n) is 3.44. The zero-order valence-corrected chi connectivity index (χ0v) is 14.8. The molecule has 0 saturated carbocycles. The van der Waals surface area contributed by atoms with Crippen molar-refractivity contribution >= 4 is 27.5 Å². The molecule has 27 heavy (non-hydrogen) atoms. The number of hydrogen-bond acceptors (Lipinski definition) is 4. The molecule has 4 rings (SSSR count). The third kappa shape index (κ3) is 2.75. The maximum Gasteiger partial charge on any atom is 0.345 e. The van der Waals surface area contributed by atoms with Crippen LogP contribution in [-0.2, 0) is 4.74 Å². The van der Waals surface area contributed by atoms with Crippen LogP contribution in [0, 0.1) is 0 Å². The van der Waals surface area contributed by atoms with Crippen LogP contribution in [-0.4, -0.2) is 22.8 Å². The van der Waals surface area contributed by atoms with E-state index in [1.54, 1.807) is 6.92 Å². The first-order valence-corrected chi connectivity index (χ1v) is 8.74. The molecule has 0 fully saturated rings. The first-order chi connectivity index (χ1) is 13.1. The van der Waals surface area contributed by atoms with Crippen LogP contribution in [0.15, 0.2) is 66.7 Å². The van der Waals surface area contributed by atoms with Crippen molar-refractivity contribution in [2.45, 2.75) is 6.92 Å². The third-order valence-electron chi connectivity index (χ3n) is 4.66. The number of carbonyl (C=O) groups is 1. The highest BCUT2D eigenvalue weighted by Crippen LogP contribution is 2.46. The molecule has 4 heteroatoms. The van der Waals surface area contributed by atoms with Gasteiger partial charge in [-0.05, 0) is 40.8 Å². The Morgan fingerprint density at radius 1 is 0.852 bits per heavy atom. The van der Waals surface area contributed by atoms with Gasteiger partial charge in [-0.3, -0.25) is 0 Å². The fourth-order valence-corrected chi connectivity index (χ4v) is 3.44. The van der Waals surface area contributed by atoms with Gasteiger partial charge < -0.3 is 14.9 Å². The molecule has 4 aromatic rings. The largest absolute Gasteiger partial charge is 0.506 e. The maximum absolute atomic E-state index is 12.4. The number of phenolic OH excluding ortho intramolecular Hbond substituents is 2. The third-order valence-corrected chi connectivity index (χ3v) is 4.66. The van der Waals surface area contributed by atoms with E-state index in [1.165, 1.54) is 0 Å². The fraction of sp³-hybridized carbons (Fsp3) is 0.0870. The van der Waals surface area contributed by atoms with Crippen molar-refractivity contribution in [2.24, 2.45) is 0 Å². The first kappa shape index (κ1) is 16.9. The van der Waals surface area contributed by atoms with Crippen molar-refractivity contribution < 1.29 is 19.7 Å². The van der Waals surface area contributed by atoms with Crippen LogP contribution >= 0.6 is 0 Å². The highest BCUT2D eigenvalue weighted by Gasteiger charge is 2.26. The van der Waals surface area contributed by atoms with Crippen LogP contribution in [0.5, 0.6) is 11.5 Å². The lowest BCUT2D eigenvalue weighted by Crippen LogP contribution is -2.06. The number of aromatic hydroxyl groups is 2. The van der Waals surface area contributed by atoms with Crippen molar-refractivity contribution in [1.82, 2.24) is 0 Å². The first-order valence-electron chi connectivity index (χ1n) is 8.74. The van der Waals surface area contributed by atoms with Crippen LogP contribution in [0.2, 0.25) is 0 Å². The molecule has 0 atom stereocenters. The van der Waals surface area contributed by atoms with Gasteiger partial charge in [-0.1, -0.05) is 54.6 Å². The molecule has 0 aliphatic carbocycles. The average Bonchev–Trinajstić information content (AvgIpc) is 2.68. The average molecular weight is 358 g/mol. The van der Waals surface area contributed by atoms with Gasteiger partial charge in [0.25, 0.3) is 0 Å². The monoisotopic (exact) mass is 358 g/mol. The van der Waals surface area contributed by atoms with Crippen molar-refractivity contribution in [3.8, 4) is 22.6 Å².